The van der Waals surface area contributed by atoms with E-state index in [1.165, 1.54) is 11.0 Å². The highest BCUT2D eigenvalue weighted by molar-refractivity contribution is 6.31. The number of benzene rings is 3. The van der Waals surface area contributed by atoms with Gasteiger partial charge in [0, 0.05) is 11.6 Å². The number of aliphatic hydroxyl groups is 1. The Bertz CT molecular complexity index is 1170. The minimum Gasteiger partial charge on any atom is -0.503 e. The molecule has 154 valence electrons. The minimum absolute atomic E-state index is 0.0289. The third-order valence-corrected chi connectivity index (χ3v) is 5.54. The first-order valence-electron chi connectivity index (χ1n) is 9.86. The second-order valence-electron chi connectivity index (χ2n) is 7.21. The molecule has 3 aromatic rings. The lowest BCUT2D eigenvalue weighted by molar-refractivity contribution is -0.130. The maximum absolute atomic E-state index is 13.1. The summed E-state index contributed by atoms with van der Waals surface area (Å²) in [6.07, 6.45) is 3.04. The highest BCUT2D eigenvalue weighted by Gasteiger charge is 2.43. The average molecular weight is 430 g/mol. The minimum atomic E-state index is -0.783. The van der Waals surface area contributed by atoms with E-state index in [0.717, 1.165) is 11.1 Å². The Morgan fingerprint density at radius 3 is 2.23 bits per heavy atom. The molecule has 0 saturated carbocycles. The van der Waals surface area contributed by atoms with Crippen molar-refractivity contribution in [3.05, 3.63) is 124 Å². The number of amides is 1. The van der Waals surface area contributed by atoms with Crippen molar-refractivity contribution in [1.82, 2.24) is 4.90 Å². The highest BCUT2D eigenvalue weighted by Crippen LogP contribution is 2.41. The zero-order chi connectivity index (χ0) is 21.8. The first-order chi connectivity index (χ1) is 15.1. The van der Waals surface area contributed by atoms with E-state index in [1.54, 1.807) is 30.3 Å². The third-order valence-electron chi connectivity index (χ3n) is 5.19. The van der Waals surface area contributed by atoms with Gasteiger partial charge in [-0.15, -0.1) is 0 Å². The molecular formula is C26H20ClNO3. The number of carbonyl (C=O) groups is 2. The zero-order valence-corrected chi connectivity index (χ0v) is 17.4. The largest absolute Gasteiger partial charge is 0.503 e. The van der Waals surface area contributed by atoms with Crippen LogP contribution in [0, 0.1) is 0 Å². The fraction of sp³-hybridized carbons (Fsp3) is 0.0769. The number of nitrogens with zero attached hydrogens (tertiary/aromatic N) is 1. The van der Waals surface area contributed by atoms with Crippen LogP contribution in [0.2, 0.25) is 5.02 Å². The number of hydrogen-bond donors (Lipinski definition) is 1. The fourth-order valence-electron chi connectivity index (χ4n) is 3.69. The molecule has 1 heterocycles. The van der Waals surface area contributed by atoms with E-state index in [-0.39, 0.29) is 12.1 Å². The average Bonchev–Trinajstić information content (AvgIpc) is 3.04. The molecule has 31 heavy (non-hydrogen) atoms. The topological polar surface area (TPSA) is 57.6 Å². The van der Waals surface area contributed by atoms with Crippen LogP contribution in [0.15, 0.2) is 102 Å². The van der Waals surface area contributed by atoms with Crippen LogP contribution < -0.4 is 0 Å². The lowest BCUT2D eigenvalue weighted by atomic mass is 9.95. The summed E-state index contributed by atoms with van der Waals surface area (Å²) in [7, 11) is 0. The summed E-state index contributed by atoms with van der Waals surface area (Å²) in [6.45, 7) is 0.235. The quantitative estimate of drug-likeness (QED) is 0.525. The second-order valence-corrected chi connectivity index (χ2v) is 7.62. The van der Waals surface area contributed by atoms with Crippen LogP contribution in [0.5, 0.6) is 0 Å². The van der Waals surface area contributed by atoms with Crippen LogP contribution in [0.3, 0.4) is 0 Å². The van der Waals surface area contributed by atoms with Gasteiger partial charge in [-0.25, -0.2) is 0 Å². The van der Waals surface area contributed by atoms with Crippen LogP contribution >= 0.6 is 11.6 Å². The van der Waals surface area contributed by atoms with Crippen molar-refractivity contribution in [2.75, 3.05) is 0 Å². The number of allylic oxidation sites excluding steroid dienone is 1. The lowest BCUT2D eigenvalue weighted by Crippen LogP contribution is -2.30. The molecule has 0 aliphatic carbocycles. The molecule has 0 aromatic heterocycles. The van der Waals surface area contributed by atoms with Crippen LogP contribution in [0.25, 0.3) is 6.08 Å². The Kier molecular flexibility index (Phi) is 6.01. The normalized spacial score (nSPS) is 16.4. The molecule has 0 spiro atoms. The van der Waals surface area contributed by atoms with Gasteiger partial charge in [0.2, 0.25) is 0 Å². The van der Waals surface area contributed by atoms with Gasteiger partial charge in [0.15, 0.2) is 11.5 Å². The summed E-state index contributed by atoms with van der Waals surface area (Å²) in [6, 6.07) is 25.1. The smallest absolute Gasteiger partial charge is 0.290 e. The third kappa shape index (κ3) is 4.30. The molecule has 5 heteroatoms. The molecule has 1 aliphatic heterocycles. The molecule has 0 fully saturated rings. The summed E-state index contributed by atoms with van der Waals surface area (Å²) in [5.41, 5.74) is 2.35. The lowest BCUT2D eigenvalue weighted by Gasteiger charge is -2.27. The summed E-state index contributed by atoms with van der Waals surface area (Å²) < 4.78 is 0. The number of halogens is 1. The van der Waals surface area contributed by atoms with E-state index >= 15 is 0 Å². The number of rotatable bonds is 6. The van der Waals surface area contributed by atoms with Crippen LogP contribution in [-0.2, 0) is 16.1 Å². The first kappa shape index (κ1) is 20.6. The van der Waals surface area contributed by atoms with Gasteiger partial charge in [0.25, 0.3) is 5.91 Å². The maximum Gasteiger partial charge on any atom is 0.290 e. The molecule has 0 bridgehead atoms. The predicted octanol–water partition coefficient (Wildman–Crippen LogP) is 5.52. The molecule has 3 aromatic carbocycles. The molecule has 1 atom stereocenters. The molecule has 0 unspecified atom stereocenters. The van der Waals surface area contributed by atoms with Gasteiger partial charge < -0.3 is 10.0 Å². The van der Waals surface area contributed by atoms with Gasteiger partial charge in [0.05, 0.1) is 11.6 Å². The first-order valence-corrected chi connectivity index (χ1v) is 10.2. The molecule has 4 nitrogen and oxygen atoms in total. The van der Waals surface area contributed by atoms with Crippen molar-refractivity contribution in [1.29, 1.82) is 0 Å². The Morgan fingerprint density at radius 1 is 0.935 bits per heavy atom. The van der Waals surface area contributed by atoms with Crippen LogP contribution in [0.4, 0.5) is 0 Å². The summed E-state index contributed by atoms with van der Waals surface area (Å²) in [5, 5.41) is 11.1. The Morgan fingerprint density at radius 2 is 1.55 bits per heavy atom. The van der Waals surface area contributed by atoms with Crippen molar-refractivity contribution in [3.8, 4) is 0 Å². The molecule has 1 aliphatic rings. The Hall–Kier alpha value is -3.63. The van der Waals surface area contributed by atoms with E-state index in [1.807, 2.05) is 60.7 Å². The maximum atomic E-state index is 13.1. The highest BCUT2D eigenvalue weighted by atomic mass is 35.5. The van der Waals surface area contributed by atoms with Crippen molar-refractivity contribution >= 4 is 29.4 Å². The SMILES string of the molecule is O=C(/C=C\c1ccccc1)C1=C(O)C(=O)N(Cc2ccccc2)[C@H]1c1ccccc1Cl. The molecule has 0 saturated heterocycles. The standard InChI is InChI=1S/C26H20ClNO3/c27-21-14-8-7-13-20(21)24-23(22(29)16-15-18-9-3-1-4-10-18)25(30)26(31)28(24)17-19-11-5-2-6-12-19/h1-16,24,30H,17H2/b16-15-/t24-/m0/s1. The number of carbonyl (C=O) groups excluding carboxylic acids is 2. The van der Waals surface area contributed by atoms with Gasteiger partial charge in [0.1, 0.15) is 0 Å². The van der Waals surface area contributed by atoms with Gasteiger partial charge >= 0.3 is 0 Å². The molecular weight excluding hydrogens is 410 g/mol. The molecule has 1 amide bonds. The summed E-state index contributed by atoms with van der Waals surface area (Å²) in [5.74, 6) is -1.57. The van der Waals surface area contributed by atoms with E-state index < -0.39 is 23.5 Å². The van der Waals surface area contributed by atoms with E-state index in [4.69, 9.17) is 11.6 Å². The molecule has 1 N–H and O–H groups in total. The van der Waals surface area contributed by atoms with Crippen molar-refractivity contribution < 1.29 is 14.7 Å². The monoisotopic (exact) mass is 429 g/mol. The van der Waals surface area contributed by atoms with Crippen molar-refractivity contribution in [2.45, 2.75) is 12.6 Å². The van der Waals surface area contributed by atoms with Crippen molar-refractivity contribution in [3.63, 3.8) is 0 Å². The van der Waals surface area contributed by atoms with Gasteiger partial charge in [-0.05, 0) is 28.8 Å². The van der Waals surface area contributed by atoms with Crippen LogP contribution in [0.1, 0.15) is 22.7 Å². The van der Waals surface area contributed by atoms with Crippen molar-refractivity contribution in [2.24, 2.45) is 0 Å². The zero-order valence-electron chi connectivity index (χ0n) is 16.6. The van der Waals surface area contributed by atoms with E-state index in [2.05, 4.69) is 0 Å². The number of ketones is 1. The Balaban J connectivity index is 1.74. The number of aliphatic hydroxyl groups excluding tert-OH is 1. The Labute approximate surface area is 185 Å². The van der Waals surface area contributed by atoms with E-state index in [0.29, 0.717) is 10.6 Å². The van der Waals surface area contributed by atoms with Gasteiger partial charge in [-0.1, -0.05) is 96.5 Å². The van der Waals surface area contributed by atoms with E-state index in [9.17, 15) is 14.7 Å². The summed E-state index contributed by atoms with van der Waals surface area (Å²) >= 11 is 6.44. The van der Waals surface area contributed by atoms with Gasteiger partial charge in [-0.3, -0.25) is 9.59 Å². The predicted molar refractivity (Wildman–Crippen MR) is 121 cm³/mol. The molecule has 4 rings (SSSR count). The number of hydrogen-bond acceptors (Lipinski definition) is 3. The fourth-order valence-corrected chi connectivity index (χ4v) is 3.93. The molecule has 0 radical (unpaired) electrons. The van der Waals surface area contributed by atoms with Crippen LogP contribution in [-0.4, -0.2) is 21.7 Å². The summed E-state index contributed by atoms with van der Waals surface area (Å²) in [4.78, 5) is 27.6. The second kappa shape index (κ2) is 9.02. The van der Waals surface area contributed by atoms with Gasteiger partial charge in [-0.2, -0.15) is 0 Å².